The molecular formula is C11H12O2. The van der Waals surface area contributed by atoms with Gasteiger partial charge in [0.25, 0.3) is 0 Å². The summed E-state index contributed by atoms with van der Waals surface area (Å²) in [6.07, 6.45) is 2.37. The molecule has 4 rings (SSSR count). The van der Waals surface area contributed by atoms with E-state index in [2.05, 4.69) is 6.58 Å². The summed E-state index contributed by atoms with van der Waals surface area (Å²) in [5.41, 5.74) is 0.919. The number of hydrogen-bond acceptors (Lipinski definition) is 2. The molecule has 13 heavy (non-hydrogen) atoms. The number of allylic oxidation sites excluding steroid dienone is 1. The largest absolute Gasteiger partial charge is 0.299 e. The highest BCUT2D eigenvalue weighted by Crippen LogP contribution is 2.52. The Hall–Kier alpha value is -0.920. The van der Waals surface area contributed by atoms with Crippen molar-refractivity contribution in [3.63, 3.8) is 0 Å². The van der Waals surface area contributed by atoms with Crippen LogP contribution in [-0.2, 0) is 9.59 Å². The first-order valence-corrected chi connectivity index (χ1v) is 4.94. The molecule has 0 aliphatic heterocycles. The average Bonchev–Trinajstić information content (AvgIpc) is 2.10. The zero-order chi connectivity index (χ0) is 9.16. The third-order valence-corrected chi connectivity index (χ3v) is 4.00. The molecule has 4 atom stereocenters. The summed E-state index contributed by atoms with van der Waals surface area (Å²) in [5, 5.41) is 0. The quantitative estimate of drug-likeness (QED) is 0.522. The lowest BCUT2D eigenvalue weighted by Gasteiger charge is -2.48. The lowest BCUT2D eigenvalue weighted by atomic mass is 9.53. The lowest BCUT2D eigenvalue weighted by molar-refractivity contribution is -0.145. The smallest absolute Gasteiger partial charge is 0.143 e. The number of carbonyl (C=O) groups excluding carboxylic acids is 2. The van der Waals surface area contributed by atoms with Crippen LogP contribution in [-0.4, -0.2) is 11.6 Å². The van der Waals surface area contributed by atoms with Crippen LogP contribution >= 0.6 is 0 Å². The van der Waals surface area contributed by atoms with Gasteiger partial charge in [0.2, 0.25) is 0 Å². The summed E-state index contributed by atoms with van der Waals surface area (Å²) in [6, 6.07) is 0. The van der Waals surface area contributed by atoms with Crippen LogP contribution in [0.2, 0.25) is 0 Å². The van der Waals surface area contributed by atoms with Crippen molar-refractivity contribution in [1.82, 2.24) is 0 Å². The van der Waals surface area contributed by atoms with Gasteiger partial charge >= 0.3 is 0 Å². The van der Waals surface area contributed by atoms with E-state index in [0.717, 1.165) is 24.8 Å². The standard InChI is InChI=1S/C11H12O2/c1-5-8-3-6-2-7(11(8)13)4-9(5)10(6)12/h6-9H,1-4H2/t6-,7-,8+,9+/m0/s1. The molecule has 0 saturated heterocycles. The molecule has 2 nitrogen and oxygen atoms in total. The lowest BCUT2D eigenvalue weighted by Crippen LogP contribution is -2.52. The molecule has 4 aliphatic carbocycles. The third kappa shape index (κ3) is 0.742. The van der Waals surface area contributed by atoms with Crippen LogP contribution in [0, 0.1) is 23.7 Å². The molecule has 0 radical (unpaired) electrons. The molecule has 68 valence electrons. The molecule has 0 N–H and O–H groups in total. The Kier molecular flexibility index (Phi) is 1.22. The van der Waals surface area contributed by atoms with Gasteiger partial charge in [-0.1, -0.05) is 12.2 Å². The molecule has 4 aliphatic rings. The van der Waals surface area contributed by atoms with E-state index in [0.29, 0.717) is 11.6 Å². The fourth-order valence-electron chi connectivity index (χ4n) is 3.28. The van der Waals surface area contributed by atoms with Crippen LogP contribution in [0.25, 0.3) is 0 Å². The van der Waals surface area contributed by atoms with Gasteiger partial charge in [-0.3, -0.25) is 9.59 Å². The topological polar surface area (TPSA) is 34.1 Å². The van der Waals surface area contributed by atoms with E-state index >= 15 is 0 Å². The van der Waals surface area contributed by atoms with Gasteiger partial charge in [-0.25, -0.2) is 0 Å². The number of carbonyl (C=O) groups is 2. The first kappa shape index (κ1) is 7.48. The van der Waals surface area contributed by atoms with E-state index in [1.54, 1.807) is 0 Å². The van der Waals surface area contributed by atoms with Gasteiger partial charge < -0.3 is 0 Å². The van der Waals surface area contributed by atoms with Gasteiger partial charge in [-0.05, 0) is 19.3 Å². The minimum atomic E-state index is 0.0419. The fourth-order valence-corrected chi connectivity index (χ4v) is 3.28. The van der Waals surface area contributed by atoms with Crippen LogP contribution in [0.4, 0.5) is 0 Å². The highest BCUT2D eigenvalue weighted by molar-refractivity contribution is 5.99. The van der Waals surface area contributed by atoms with Crippen molar-refractivity contribution in [3.8, 4) is 0 Å². The Morgan fingerprint density at radius 2 is 1.38 bits per heavy atom. The van der Waals surface area contributed by atoms with Crippen LogP contribution in [0.3, 0.4) is 0 Å². The van der Waals surface area contributed by atoms with Gasteiger partial charge in [0.1, 0.15) is 11.6 Å². The van der Waals surface area contributed by atoms with Crippen LogP contribution < -0.4 is 0 Å². The van der Waals surface area contributed by atoms with Gasteiger partial charge in [0, 0.05) is 23.7 Å². The van der Waals surface area contributed by atoms with Crippen LogP contribution in [0.15, 0.2) is 12.2 Å². The molecule has 0 aromatic rings. The van der Waals surface area contributed by atoms with E-state index in [1.165, 1.54) is 0 Å². The molecule has 0 aromatic carbocycles. The maximum absolute atomic E-state index is 11.7. The van der Waals surface area contributed by atoms with Crippen molar-refractivity contribution in [2.75, 3.05) is 0 Å². The Labute approximate surface area is 77.0 Å². The molecule has 2 heteroatoms. The second-order valence-electron chi connectivity index (χ2n) is 4.59. The molecule has 0 spiro atoms. The zero-order valence-electron chi connectivity index (χ0n) is 7.45. The molecule has 4 bridgehead atoms. The van der Waals surface area contributed by atoms with E-state index in [9.17, 15) is 9.59 Å². The van der Waals surface area contributed by atoms with Gasteiger partial charge in [0.15, 0.2) is 0 Å². The van der Waals surface area contributed by atoms with Crippen molar-refractivity contribution < 1.29 is 9.59 Å². The minimum absolute atomic E-state index is 0.0419. The summed E-state index contributed by atoms with van der Waals surface area (Å²) < 4.78 is 0. The molecule has 4 saturated carbocycles. The normalized spacial score (nSPS) is 47.5. The van der Waals surface area contributed by atoms with Crippen molar-refractivity contribution in [2.45, 2.75) is 19.3 Å². The number of hydrogen-bond donors (Lipinski definition) is 0. The van der Waals surface area contributed by atoms with Crippen molar-refractivity contribution in [2.24, 2.45) is 23.7 Å². The second-order valence-corrected chi connectivity index (χ2v) is 4.59. The molecule has 4 fully saturated rings. The highest BCUT2D eigenvalue weighted by atomic mass is 16.1. The summed E-state index contributed by atoms with van der Waals surface area (Å²) in [4.78, 5) is 23.4. The molecule has 0 amide bonds. The number of Topliss-reactive ketones (excluding diaryl/α,β-unsaturated/α-hetero) is 2. The van der Waals surface area contributed by atoms with E-state index < -0.39 is 0 Å². The van der Waals surface area contributed by atoms with Gasteiger partial charge in [0.05, 0.1) is 0 Å². The second kappa shape index (κ2) is 2.11. The van der Waals surface area contributed by atoms with Crippen molar-refractivity contribution in [3.05, 3.63) is 12.2 Å². The van der Waals surface area contributed by atoms with Crippen molar-refractivity contribution in [1.29, 1.82) is 0 Å². The summed E-state index contributed by atoms with van der Waals surface area (Å²) in [6.45, 7) is 3.91. The molecular weight excluding hydrogens is 164 g/mol. The van der Waals surface area contributed by atoms with E-state index in [-0.39, 0.29) is 23.7 Å². The molecule has 0 unspecified atom stereocenters. The Morgan fingerprint density at radius 1 is 0.923 bits per heavy atom. The first-order valence-electron chi connectivity index (χ1n) is 4.94. The van der Waals surface area contributed by atoms with Gasteiger partial charge in [-0.2, -0.15) is 0 Å². The predicted molar refractivity (Wildman–Crippen MR) is 47.0 cm³/mol. The average molecular weight is 176 g/mol. The SMILES string of the molecule is C=C1[C@H]2C[C@@H]3C[C@@H](C[C@H]1C3=O)C2=O. The first-order chi connectivity index (χ1) is 6.18. The van der Waals surface area contributed by atoms with E-state index in [4.69, 9.17) is 0 Å². The highest BCUT2D eigenvalue weighted by Gasteiger charge is 2.53. The third-order valence-electron chi connectivity index (χ3n) is 4.00. The minimum Gasteiger partial charge on any atom is -0.299 e. The van der Waals surface area contributed by atoms with Crippen molar-refractivity contribution >= 4 is 11.6 Å². The Bertz CT molecular complexity index is 299. The van der Waals surface area contributed by atoms with Crippen LogP contribution in [0.1, 0.15) is 19.3 Å². The van der Waals surface area contributed by atoms with Gasteiger partial charge in [-0.15, -0.1) is 0 Å². The number of rotatable bonds is 0. The summed E-state index contributed by atoms with van der Waals surface area (Å²) in [5.74, 6) is 1.20. The van der Waals surface area contributed by atoms with E-state index in [1.807, 2.05) is 0 Å². The zero-order valence-corrected chi connectivity index (χ0v) is 7.45. The maximum atomic E-state index is 11.7. The molecule has 0 heterocycles. The monoisotopic (exact) mass is 176 g/mol. The Balaban J connectivity index is 2.08. The fraction of sp³-hybridized carbons (Fsp3) is 0.636. The Morgan fingerprint density at radius 3 is 1.85 bits per heavy atom. The summed E-state index contributed by atoms with van der Waals surface area (Å²) >= 11 is 0. The predicted octanol–water partition coefficient (Wildman–Crippen LogP) is 1.36. The summed E-state index contributed by atoms with van der Waals surface area (Å²) in [7, 11) is 0. The van der Waals surface area contributed by atoms with Crippen LogP contribution in [0.5, 0.6) is 0 Å². The molecule has 0 aromatic heterocycles. The maximum Gasteiger partial charge on any atom is 0.143 e. The number of ketones is 2.